The maximum Gasteiger partial charge on any atom is 0.241 e. The van der Waals surface area contributed by atoms with Crippen LogP contribution in [0.25, 0.3) is 0 Å². The number of amides is 1. The van der Waals surface area contributed by atoms with Crippen molar-refractivity contribution in [3.63, 3.8) is 0 Å². The second-order valence-electron chi connectivity index (χ2n) is 4.77. The zero-order valence-corrected chi connectivity index (χ0v) is 12.6. The van der Waals surface area contributed by atoms with E-state index in [-0.39, 0.29) is 12.5 Å². The van der Waals surface area contributed by atoms with Crippen molar-refractivity contribution in [1.82, 2.24) is 19.9 Å². The third-order valence-electron chi connectivity index (χ3n) is 3.04. The van der Waals surface area contributed by atoms with Crippen LogP contribution in [0.2, 0.25) is 0 Å². The molecule has 1 saturated heterocycles. The maximum atomic E-state index is 11.6. The second kappa shape index (κ2) is 7.02. The molecule has 1 aliphatic rings. The molecule has 1 amide bonds. The van der Waals surface area contributed by atoms with Gasteiger partial charge in [0.1, 0.15) is 0 Å². The van der Waals surface area contributed by atoms with Gasteiger partial charge < -0.3 is 25.2 Å². The number of hydrogen-bond donors (Lipinski definition) is 2. The third-order valence-corrected chi connectivity index (χ3v) is 3.04. The topological polar surface area (TPSA) is 95.5 Å². The van der Waals surface area contributed by atoms with Crippen molar-refractivity contribution in [2.75, 3.05) is 69.5 Å². The van der Waals surface area contributed by atoms with Gasteiger partial charge in [-0.2, -0.15) is 15.0 Å². The van der Waals surface area contributed by atoms with E-state index in [1.54, 1.807) is 21.1 Å². The van der Waals surface area contributed by atoms with Crippen LogP contribution in [0.3, 0.4) is 0 Å². The molecule has 0 unspecified atom stereocenters. The maximum absolute atomic E-state index is 11.6. The number of carbonyl (C=O) groups is 1. The highest BCUT2D eigenvalue weighted by Crippen LogP contribution is 2.14. The van der Waals surface area contributed by atoms with Gasteiger partial charge in [0.05, 0.1) is 19.8 Å². The molecule has 21 heavy (non-hydrogen) atoms. The molecule has 2 N–H and O–H groups in total. The summed E-state index contributed by atoms with van der Waals surface area (Å²) >= 11 is 0. The van der Waals surface area contributed by atoms with Crippen LogP contribution >= 0.6 is 0 Å². The summed E-state index contributed by atoms with van der Waals surface area (Å²) in [5, 5.41) is 5.83. The zero-order valence-electron chi connectivity index (χ0n) is 12.6. The predicted molar refractivity (Wildman–Crippen MR) is 79.6 cm³/mol. The van der Waals surface area contributed by atoms with Gasteiger partial charge in [0.25, 0.3) is 0 Å². The Morgan fingerprint density at radius 1 is 1.24 bits per heavy atom. The van der Waals surface area contributed by atoms with E-state index in [0.717, 1.165) is 13.1 Å². The first-order valence-electron chi connectivity index (χ1n) is 6.80. The zero-order chi connectivity index (χ0) is 15.2. The summed E-state index contributed by atoms with van der Waals surface area (Å²) in [6, 6.07) is 0. The molecule has 0 bridgehead atoms. The van der Waals surface area contributed by atoms with Gasteiger partial charge in [-0.15, -0.1) is 0 Å². The SMILES string of the molecule is CNc1nc(NCC(=O)N(C)C)nc(N2CCOCC2)n1. The fourth-order valence-electron chi connectivity index (χ4n) is 1.77. The van der Waals surface area contributed by atoms with Crippen molar-refractivity contribution >= 4 is 23.8 Å². The highest BCUT2D eigenvalue weighted by molar-refractivity contribution is 5.79. The number of nitrogens with one attached hydrogen (secondary N) is 2. The van der Waals surface area contributed by atoms with Gasteiger partial charge in [0, 0.05) is 34.2 Å². The summed E-state index contributed by atoms with van der Waals surface area (Å²) in [6.07, 6.45) is 0. The molecule has 0 aliphatic carbocycles. The Morgan fingerprint density at radius 2 is 1.90 bits per heavy atom. The lowest BCUT2D eigenvalue weighted by atomic mass is 10.4. The summed E-state index contributed by atoms with van der Waals surface area (Å²) in [6.45, 7) is 2.93. The minimum Gasteiger partial charge on any atom is -0.378 e. The number of rotatable bonds is 5. The highest BCUT2D eigenvalue weighted by atomic mass is 16.5. The quantitative estimate of drug-likeness (QED) is 0.732. The first kappa shape index (κ1) is 15.2. The largest absolute Gasteiger partial charge is 0.378 e. The van der Waals surface area contributed by atoms with Crippen molar-refractivity contribution in [2.45, 2.75) is 0 Å². The third kappa shape index (κ3) is 4.15. The van der Waals surface area contributed by atoms with Gasteiger partial charge in [-0.3, -0.25) is 4.79 Å². The molecule has 116 valence electrons. The predicted octanol–water partition coefficient (Wildman–Crippen LogP) is -0.750. The van der Waals surface area contributed by atoms with Gasteiger partial charge in [-0.1, -0.05) is 0 Å². The first-order valence-corrected chi connectivity index (χ1v) is 6.80. The minimum absolute atomic E-state index is 0.0469. The van der Waals surface area contributed by atoms with E-state index in [2.05, 4.69) is 25.6 Å². The molecule has 9 nitrogen and oxygen atoms in total. The monoisotopic (exact) mass is 295 g/mol. The lowest BCUT2D eigenvalue weighted by molar-refractivity contribution is -0.126. The van der Waals surface area contributed by atoms with E-state index in [4.69, 9.17) is 4.74 Å². The van der Waals surface area contributed by atoms with E-state index in [1.165, 1.54) is 4.90 Å². The second-order valence-corrected chi connectivity index (χ2v) is 4.77. The van der Waals surface area contributed by atoms with Gasteiger partial charge >= 0.3 is 0 Å². The Labute approximate surface area is 123 Å². The lowest BCUT2D eigenvalue weighted by Gasteiger charge is -2.27. The van der Waals surface area contributed by atoms with Crippen LogP contribution in [0.4, 0.5) is 17.8 Å². The molecule has 0 aromatic carbocycles. The highest BCUT2D eigenvalue weighted by Gasteiger charge is 2.16. The molecule has 2 rings (SSSR count). The van der Waals surface area contributed by atoms with Gasteiger partial charge in [0.2, 0.25) is 23.8 Å². The Hall–Kier alpha value is -2.16. The van der Waals surface area contributed by atoms with E-state index in [9.17, 15) is 4.79 Å². The molecule has 1 fully saturated rings. The number of carbonyl (C=O) groups excluding carboxylic acids is 1. The molecule has 1 aliphatic heterocycles. The fraction of sp³-hybridized carbons (Fsp3) is 0.667. The standard InChI is InChI=1S/C12H21N7O2/c1-13-10-15-11(14-8-9(20)18(2)3)17-12(16-10)19-4-6-21-7-5-19/h4-8H2,1-3H3,(H2,13,14,15,16,17). The van der Waals surface area contributed by atoms with E-state index in [0.29, 0.717) is 31.1 Å². The summed E-state index contributed by atoms with van der Waals surface area (Å²) < 4.78 is 5.32. The van der Waals surface area contributed by atoms with Crippen molar-refractivity contribution < 1.29 is 9.53 Å². The number of ether oxygens (including phenoxy) is 1. The van der Waals surface area contributed by atoms with Crippen LogP contribution in [-0.4, -0.2) is 79.8 Å². The van der Waals surface area contributed by atoms with Crippen molar-refractivity contribution in [2.24, 2.45) is 0 Å². The van der Waals surface area contributed by atoms with Crippen molar-refractivity contribution in [1.29, 1.82) is 0 Å². The number of nitrogens with zero attached hydrogens (tertiary/aromatic N) is 5. The molecule has 0 atom stereocenters. The molecule has 9 heteroatoms. The van der Waals surface area contributed by atoms with Gasteiger partial charge in [-0.05, 0) is 0 Å². The van der Waals surface area contributed by atoms with Crippen LogP contribution in [0.5, 0.6) is 0 Å². The van der Waals surface area contributed by atoms with Crippen LogP contribution in [0.1, 0.15) is 0 Å². The minimum atomic E-state index is -0.0469. The lowest BCUT2D eigenvalue weighted by Crippen LogP contribution is -2.37. The normalized spacial score (nSPS) is 14.7. The summed E-state index contributed by atoms with van der Waals surface area (Å²) in [5.74, 6) is 1.38. The molecule has 1 aromatic heterocycles. The van der Waals surface area contributed by atoms with E-state index < -0.39 is 0 Å². The summed E-state index contributed by atoms with van der Waals surface area (Å²) in [7, 11) is 5.15. The van der Waals surface area contributed by atoms with E-state index >= 15 is 0 Å². The van der Waals surface area contributed by atoms with Crippen molar-refractivity contribution in [3.8, 4) is 0 Å². The average Bonchev–Trinajstić information content (AvgIpc) is 2.52. The number of anilines is 3. The molecule has 0 spiro atoms. The molecule has 0 radical (unpaired) electrons. The molecular formula is C12H21N7O2. The average molecular weight is 295 g/mol. The Kier molecular flexibility index (Phi) is 5.09. The van der Waals surface area contributed by atoms with Gasteiger partial charge in [-0.25, -0.2) is 0 Å². The van der Waals surface area contributed by atoms with Crippen molar-refractivity contribution in [3.05, 3.63) is 0 Å². The Balaban J connectivity index is 2.11. The van der Waals surface area contributed by atoms with Crippen LogP contribution in [-0.2, 0) is 9.53 Å². The summed E-state index contributed by atoms with van der Waals surface area (Å²) in [5.41, 5.74) is 0. The molecule has 0 saturated carbocycles. The van der Waals surface area contributed by atoms with Crippen LogP contribution in [0.15, 0.2) is 0 Å². The van der Waals surface area contributed by atoms with Crippen LogP contribution < -0.4 is 15.5 Å². The first-order chi connectivity index (χ1) is 10.1. The Morgan fingerprint density at radius 3 is 2.52 bits per heavy atom. The summed E-state index contributed by atoms with van der Waals surface area (Å²) in [4.78, 5) is 28.1. The number of likely N-dealkylation sites (N-methyl/N-ethyl adjacent to an activating group) is 1. The fourth-order valence-corrected chi connectivity index (χ4v) is 1.77. The molecule has 2 heterocycles. The van der Waals surface area contributed by atoms with E-state index in [1.807, 2.05) is 4.90 Å². The van der Waals surface area contributed by atoms with Crippen LogP contribution in [0, 0.1) is 0 Å². The number of aromatic nitrogens is 3. The molecular weight excluding hydrogens is 274 g/mol. The Bertz CT molecular complexity index is 488. The molecule has 1 aromatic rings. The number of hydrogen-bond acceptors (Lipinski definition) is 8. The smallest absolute Gasteiger partial charge is 0.241 e. The van der Waals surface area contributed by atoms with Gasteiger partial charge in [0.15, 0.2) is 0 Å². The number of morpholine rings is 1.